The van der Waals surface area contributed by atoms with E-state index >= 15 is 0 Å². The third kappa shape index (κ3) is 4.25. The molecule has 0 bridgehead atoms. The summed E-state index contributed by atoms with van der Waals surface area (Å²) in [5, 5.41) is 0. The number of esters is 1. The Hall–Kier alpha value is -2.91. The van der Waals surface area contributed by atoms with Crippen molar-refractivity contribution in [1.29, 1.82) is 0 Å². The number of nitrogens with zero attached hydrogens (tertiary/aromatic N) is 5. The number of fused-ring (bicyclic) bond motifs is 1. The Labute approximate surface area is 167 Å². The highest BCUT2D eigenvalue weighted by Crippen LogP contribution is 2.20. The predicted octanol–water partition coefficient (Wildman–Crippen LogP) is -0.128. The molecule has 10 nitrogen and oxygen atoms in total. The van der Waals surface area contributed by atoms with Crippen LogP contribution >= 0.6 is 0 Å². The lowest BCUT2D eigenvalue weighted by Gasteiger charge is -2.34. The first-order valence-electron chi connectivity index (χ1n) is 9.73. The van der Waals surface area contributed by atoms with E-state index in [1.807, 2.05) is 0 Å². The average Bonchev–Trinajstić information content (AvgIpc) is 3.10. The van der Waals surface area contributed by atoms with E-state index in [0.29, 0.717) is 24.9 Å². The Morgan fingerprint density at radius 1 is 1.14 bits per heavy atom. The van der Waals surface area contributed by atoms with Crippen LogP contribution in [0.5, 0.6) is 0 Å². The third-order valence-electron chi connectivity index (χ3n) is 5.35. The molecule has 2 unspecified atom stereocenters. The van der Waals surface area contributed by atoms with Crippen molar-refractivity contribution < 1.29 is 14.3 Å². The molecule has 1 saturated heterocycles. The van der Waals surface area contributed by atoms with E-state index in [1.54, 1.807) is 4.90 Å². The van der Waals surface area contributed by atoms with Crippen LogP contribution in [0.3, 0.4) is 0 Å². The smallest absolute Gasteiger partial charge is 0.332 e. The predicted molar refractivity (Wildman–Crippen MR) is 105 cm³/mol. The van der Waals surface area contributed by atoms with Gasteiger partial charge in [0, 0.05) is 33.7 Å². The van der Waals surface area contributed by atoms with Gasteiger partial charge in [-0.05, 0) is 18.3 Å². The maximum atomic E-state index is 12.4. The van der Waals surface area contributed by atoms with Crippen molar-refractivity contribution in [2.24, 2.45) is 25.9 Å². The highest BCUT2D eigenvalue weighted by atomic mass is 16.5. The van der Waals surface area contributed by atoms with Gasteiger partial charge in [-0.3, -0.25) is 23.5 Å². The van der Waals surface area contributed by atoms with Crippen molar-refractivity contribution in [3.63, 3.8) is 0 Å². The number of rotatable bonds is 5. The van der Waals surface area contributed by atoms with Crippen LogP contribution in [0.15, 0.2) is 15.9 Å². The first-order chi connectivity index (χ1) is 13.7. The fourth-order valence-electron chi connectivity index (χ4n) is 3.95. The number of carbonyl (C=O) groups is 2. The fraction of sp³-hybridized carbons (Fsp3) is 0.632. The van der Waals surface area contributed by atoms with Crippen LogP contribution in [-0.2, 0) is 35.0 Å². The summed E-state index contributed by atoms with van der Waals surface area (Å²) in [6.07, 6.45) is 2.49. The number of imidazole rings is 1. The van der Waals surface area contributed by atoms with Gasteiger partial charge in [0.2, 0.25) is 0 Å². The number of hydrogen-bond donors (Lipinski definition) is 0. The average molecular weight is 405 g/mol. The lowest BCUT2D eigenvalue weighted by atomic mass is 9.92. The van der Waals surface area contributed by atoms with Crippen LogP contribution in [0.25, 0.3) is 11.2 Å². The second kappa shape index (κ2) is 8.22. The molecular formula is C19H27N5O5. The number of piperidine rings is 1. The van der Waals surface area contributed by atoms with Gasteiger partial charge in [0.15, 0.2) is 17.8 Å². The minimum atomic E-state index is -0.528. The standard InChI is InChI=1S/C19H27N5O5/c1-12-7-13(2)9-24(8-12)14(25)10-29-15(26)5-6-23-11-20-17-16(23)18(27)22(4)19(28)21(17)3/h11-13H,5-10H2,1-4H3. The van der Waals surface area contributed by atoms with Crippen LogP contribution in [-0.4, -0.2) is 55.2 Å². The third-order valence-corrected chi connectivity index (χ3v) is 5.35. The molecule has 158 valence electrons. The van der Waals surface area contributed by atoms with Crippen molar-refractivity contribution in [2.45, 2.75) is 33.2 Å². The lowest BCUT2D eigenvalue weighted by molar-refractivity contribution is -0.153. The van der Waals surface area contributed by atoms with E-state index in [1.165, 1.54) is 29.6 Å². The summed E-state index contributed by atoms with van der Waals surface area (Å²) in [6.45, 7) is 5.47. The molecule has 29 heavy (non-hydrogen) atoms. The summed E-state index contributed by atoms with van der Waals surface area (Å²) >= 11 is 0. The van der Waals surface area contributed by atoms with Crippen LogP contribution in [0, 0.1) is 11.8 Å². The van der Waals surface area contributed by atoms with Gasteiger partial charge in [-0.25, -0.2) is 9.78 Å². The van der Waals surface area contributed by atoms with Crippen molar-refractivity contribution in [3.05, 3.63) is 27.2 Å². The maximum Gasteiger partial charge on any atom is 0.332 e. The molecule has 2 aromatic rings. The van der Waals surface area contributed by atoms with Crippen LogP contribution in [0.2, 0.25) is 0 Å². The van der Waals surface area contributed by atoms with Gasteiger partial charge in [0.25, 0.3) is 11.5 Å². The summed E-state index contributed by atoms with van der Waals surface area (Å²) < 4.78 is 8.93. The van der Waals surface area contributed by atoms with E-state index in [9.17, 15) is 19.2 Å². The molecule has 1 aliphatic rings. The molecule has 0 spiro atoms. The molecular weight excluding hydrogens is 378 g/mol. The Morgan fingerprint density at radius 3 is 2.45 bits per heavy atom. The topological polar surface area (TPSA) is 108 Å². The van der Waals surface area contributed by atoms with E-state index < -0.39 is 17.2 Å². The van der Waals surface area contributed by atoms with E-state index in [4.69, 9.17) is 4.74 Å². The molecule has 0 radical (unpaired) electrons. The molecule has 0 saturated carbocycles. The number of hydrogen-bond acceptors (Lipinski definition) is 6. The number of ether oxygens (including phenoxy) is 1. The molecule has 2 aromatic heterocycles. The highest BCUT2D eigenvalue weighted by molar-refractivity contribution is 5.80. The van der Waals surface area contributed by atoms with Crippen LogP contribution in [0.4, 0.5) is 0 Å². The minimum Gasteiger partial charge on any atom is -0.456 e. The molecule has 1 amide bonds. The van der Waals surface area contributed by atoms with Crippen LogP contribution in [0.1, 0.15) is 26.7 Å². The summed E-state index contributed by atoms with van der Waals surface area (Å²) in [5.74, 6) is 0.159. The highest BCUT2D eigenvalue weighted by Gasteiger charge is 2.26. The molecule has 1 aliphatic heterocycles. The van der Waals surface area contributed by atoms with Gasteiger partial charge >= 0.3 is 11.7 Å². The van der Waals surface area contributed by atoms with Gasteiger partial charge in [-0.1, -0.05) is 13.8 Å². The second-order valence-corrected chi connectivity index (χ2v) is 7.97. The molecule has 1 fully saturated rings. The molecule has 3 heterocycles. The maximum absolute atomic E-state index is 12.4. The Bertz CT molecular complexity index is 1040. The fourth-order valence-corrected chi connectivity index (χ4v) is 3.95. The number of aryl methyl sites for hydroxylation is 2. The number of amides is 1. The molecule has 0 aliphatic carbocycles. The molecule has 0 N–H and O–H groups in total. The van der Waals surface area contributed by atoms with Gasteiger partial charge in [-0.2, -0.15) is 0 Å². The molecule has 10 heteroatoms. The van der Waals surface area contributed by atoms with Crippen molar-refractivity contribution in [3.8, 4) is 0 Å². The van der Waals surface area contributed by atoms with Gasteiger partial charge in [0.1, 0.15) is 0 Å². The minimum absolute atomic E-state index is 0.0163. The van der Waals surface area contributed by atoms with Gasteiger partial charge in [-0.15, -0.1) is 0 Å². The van der Waals surface area contributed by atoms with E-state index in [0.717, 1.165) is 11.0 Å². The summed E-state index contributed by atoms with van der Waals surface area (Å²) in [4.78, 5) is 54.6. The quantitative estimate of drug-likeness (QED) is 0.642. The zero-order valence-electron chi connectivity index (χ0n) is 17.3. The lowest BCUT2D eigenvalue weighted by Crippen LogP contribution is -2.44. The first kappa shape index (κ1) is 20.8. The zero-order chi connectivity index (χ0) is 21.3. The first-order valence-corrected chi connectivity index (χ1v) is 9.73. The van der Waals surface area contributed by atoms with Gasteiger partial charge in [0.05, 0.1) is 12.7 Å². The van der Waals surface area contributed by atoms with Crippen molar-refractivity contribution in [2.75, 3.05) is 19.7 Å². The Morgan fingerprint density at radius 2 is 1.79 bits per heavy atom. The zero-order valence-corrected chi connectivity index (χ0v) is 17.3. The second-order valence-electron chi connectivity index (χ2n) is 7.97. The monoisotopic (exact) mass is 405 g/mol. The van der Waals surface area contributed by atoms with Crippen molar-refractivity contribution in [1.82, 2.24) is 23.6 Å². The summed E-state index contributed by atoms with van der Waals surface area (Å²) in [5.41, 5.74) is -0.436. The molecule has 0 aromatic carbocycles. The van der Waals surface area contributed by atoms with Gasteiger partial charge < -0.3 is 14.2 Å². The van der Waals surface area contributed by atoms with Crippen LogP contribution < -0.4 is 11.2 Å². The Balaban J connectivity index is 1.59. The SMILES string of the molecule is CC1CC(C)CN(C(=O)COC(=O)CCn2cnc3c2c(=O)n(C)c(=O)n3C)C1. The normalized spacial score (nSPS) is 19.5. The summed E-state index contributed by atoms with van der Waals surface area (Å²) in [7, 11) is 2.92. The largest absolute Gasteiger partial charge is 0.456 e. The van der Waals surface area contributed by atoms with E-state index in [-0.39, 0.29) is 36.6 Å². The number of likely N-dealkylation sites (tertiary alicyclic amines) is 1. The Kier molecular flexibility index (Phi) is 5.90. The molecule has 3 rings (SSSR count). The summed E-state index contributed by atoms with van der Waals surface area (Å²) in [6, 6.07) is 0. The van der Waals surface area contributed by atoms with Crippen molar-refractivity contribution >= 4 is 23.0 Å². The van der Waals surface area contributed by atoms with E-state index in [2.05, 4.69) is 18.8 Å². The molecule has 2 atom stereocenters. The number of aromatic nitrogens is 4. The number of carbonyl (C=O) groups excluding carboxylic acids is 2.